The Bertz CT molecular complexity index is 974. The minimum atomic E-state index is -1.23. The molecule has 0 aliphatic carbocycles. The number of anilines is 1. The first-order chi connectivity index (χ1) is 13.9. The van der Waals surface area contributed by atoms with Crippen molar-refractivity contribution in [1.29, 1.82) is 0 Å². The number of hydrogen-bond acceptors (Lipinski definition) is 5. The Labute approximate surface area is 165 Å². The van der Waals surface area contributed by atoms with Crippen molar-refractivity contribution in [1.82, 2.24) is 14.8 Å². The third kappa shape index (κ3) is 4.61. The summed E-state index contributed by atoms with van der Waals surface area (Å²) < 4.78 is 0. The van der Waals surface area contributed by atoms with Gasteiger partial charge >= 0.3 is 11.9 Å². The first kappa shape index (κ1) is 20.1. The molecule has 2 aromatic rings. The lowest BCUT2D eigenvalue weighted by atomic mass is 10.0. The number of carbonyl (C=O) groups excluding carboxylic acids is 2. The number of aromatic nitrogens is 1. The predicted molar refractivity (Wildman–Crippen MR) is 103 cm³/mol. The summed E-state index contributed by atoms with van der Waals surface area (Å²) in [5, 5.41) is 21.6. The Balaban J connectivity index is 1.87. The summed E-state index contributed by atoms with van der Waals surface area (Å²) in [5.41, 5.74) is 1.66. The van der Waals surface area contributed by atoms with Gasteiger partial charge in [-0.3, -0.25) is 19.3 Å². The van der Waals surface area contributed by atoms with Gasteiger partial charge in [-0.2, -0.15) is 0 Å². The predicted octanol–water partition coefficient (Wildman–Crippen LogP) is 0.647. The number of aromatic amines is 1. The topological polar surface area (TPSA) is 143 Å². The molecule has 1 unspecified atom stereocenters. The van der Waals surface area contributed by atoms with Gasteiger partial charge < -0.3 is 25.4 Å². The quantitative estimate of drug-likeness (QED) is 0.395. The molecule has 1 aliphatic rings. The normalized spacial score (nSPS) is 16.1. The third-order valence-electron chi connectivity index (χ3n) is 4.75. The third-order valence-corrected chi connectivity index (χ3v) is 4.75. The zero-order valence-corrected chi connectivity index (χ0v) is 15.4. The molecule has 1 aliphatic heterocycles. The summed E-state index contributed by atoms with van der Waals surface area (Å²) in [6.07, 6.45) is 4.02. The molecule has 2 amide bonds. The van der Waals surface area contributed by atoms with Crippen molar-refractivity contribution in [3.63, 3.8) is 0 Å². The molecule has 1 fully saturated rings. The zero-order valence-electron chi connectivity index (χ0n) is 15.4. The lowest BCUT2D eigenvalue weighted by Gasteiger charge is -2.36. The number of fused-ring (bicyclic) bond motifs is 1. The molecule has 0 radical (unpaired) electrons. The van der Waals surface area contributed by atoms with Crippen LogP contribution in [-0.2, 0) is 19.2 Å². The highest BCUT2D eigenvalue weighted by Crippen LogP contribution is 2.31. The maximum absolute atomic E-state index is 12.0. The van der Waals surface area contributed by atoms with Crippen LogP contribution in [-0.4, -0.2) is 75.4 Å². The van der Waals surface area contributed by atoms with Crippen LogP contribution in [0.25, 0.3) is 10.9 Å². The molecule has 29 heavy (non-hydrogen) atoms. The molecule has 0 spiro atoms. The van der Waals surface area contributed by atoms with Crippen molar-refractivity contribution in [2.45, 2.75) is 6.04 Å². The van der Waals surface area contributed by atoms with E-state index in [1.165, 1.54) is 0 Å². The van der Waals surface area contributed by atoms with Crippen molar-refractivity contribution >= 4 is 40.8 Å². The first-order valence-electron chi connectivity index (χ1n) is 8.88. The maximum Gasteiger partial charge on any atom is 0.328 e. The van der Waals surface area contributed by atoms with E-state index in [9.17, 15) is 24.3 Å². The molecular weight excluding hydrogens is 380 g/mol. The molecule has 1 atom stereocenters. The van der Waals surface area contributed by atoms with Crippen molar-refractivity contribution in [2.24, 2.45) is 0 Å². The number of rotatable bonds is 7. The van der Waals surface area contributed by atoms with Crippen LogP contribution in [0.5, 0.6) is 0 Å². The van der Waals surface area contributed by atoms with Crippen molar-refractivity contribution < 1.29 is 29.4 Å². The summed E-state index contributed by atoms with van der Waals surface area (Å²) >= 11 is 0. The molecular formula is C19H20N4O6. The smallest absolute Gasteiger partial charge is 0.328 e. The van der Waals surface area contributed by atoms with E-state index in [-0.39, 0.29) is 0 Å². The summed E-state index contributed by atoms with van der Waals surface area (Å²) in [4.78, 5) is 51.7. The van der Waals surface area contributed by atoms with Gasteiger partial charge in [-0.1, -0.05) is 0 Å². The van der Waals surface area contributed by atoms with Gasteiger partial charge in [0, 0.05) is 66.7 Å². The van der Waals surface area contributed by atoms with Crippen LogP contribution in [0.4, 0.5) is 5.69 Å². The number of aliphatic carboxylic acids is 2. The lowest BCUT2D eigenvalue weighted by molar-refractivity contribution is -0.144. The van der Waals surface area contributed by atoms with Crippen LogP contribution in [0.3, 0.4) is 0 Å². The van der Waals surface area contributed by atoms with Crippen molar-refractivity contribution in [3.05, 3.63) is 42.1 Å². The van der Waals surface area contributed by atoms with Crippen LogP contribution in [0.1, 0.15) is 11.6 Å². The number of carboxylic acid groups (broad SMARTS) is 2. The largest absolute Gasteiger partial charge is 0.480 e. The molecule has 3 rings (SSSR count). The SMILES string of the molecule is O=CN1CCN(C(C(=O)O)c2c[nH]c3ccc(NC(=O)C=CC(=O)O)cc23)CC1. The first-order valence-corrected chi connectivity index (χ1v) is 8.88. The van der Waals surface area contributed by atoms with Gasteiger partial charge in [0.25, 0.3) is 0 Å². The average molecular weight is 400 g/mol. The van der Waals surface area contributed by atoms with Gasteiger partial charge in [-0.15, -0.1) is 0 Å². The van der Waals surface area contributed by atoms with Crippen LogP contribution >= 0.6 is 0 Å². The number of amides is 2. The number of carboxylic acids is 2. The van der Waals surface area contributed by atoms with Crippen LogP contribution < -0.4 is 5.32 Å². The monoisotopic (exact) mass is 400 g/mol. The number of nitrogens with zero attached hydrogens (tertiary/aromatic N) is 2. The van der Waals surface area contributed by atoms with Gasteiger partial charge in [0.15, 0.2) is 0 Å². The van der Waals surface area contributed by atoms with Crippen molar-refractivity contribution in [2.75, 3.05) is 31.5 Å². The van der Waals surface area contributed by atoms with Crippen LogP contribution in [0.15, 0.2) is 36.5 Å². The summed E-state index contributed by atoms with van der Waals surface area (Å²) in [6.45, 7) is 1.76. The fourth-order valence-corrected chi connectivity index (χ4v) is 3.36. The van der Waals surface area contributed by atoms with Crippen LogP contribution in [0.2, 0.25) is 0 Å². The van der Waals surface area contributed by atoms with Gasteiger partial charge in [0.1, 0.15) is 6.04 Å². The average Bonchev–Trinajstić information content (AvgIpc) is 3.10. The Morgan fingerprint density at radius 2 is 1.83 bits per heavy atom. The van der Waals surface area contributed by atoms with Gasteiger partial charge in [0.05, 0.1) is 0 Å². The van der Waals surface area contributed by atoms with E-state index in [0.717, 1.165) is 18.6 Å². The second-order valence-electron chi connectivity index (χ2n) is 6.58. The van der Waals surface area contributed by atoms with Crippen molar-refractivity contribution in [3.8, 4) is 0 Å². The Morgan fingerprint density at radius 1 is 1.10 bits per heavy atom. The summed E-state index contributed by atoms with van der Waals surface area (Å²) in [5.74, 6) is -2.85. The zero-order chi connectivity index (χ0) is 21.0. The number of nitrogens with one attached hydrogen (secondary N) is 2. The number of hydrogen-bond donors (Lipinski definition) is 4. The van der Waals surface area contributed by atoms with Gasteiger partial charge in [-0.05, 0) is 18.2 Å². The standard InChI is InChI=1S/C19H20N4O6/c24-11-22-5-7-23(8-6-22)18(19(28)29)14-10-20-15-2-1-12(9-13(14)15)21-16(25)3-4-17(26)27/h1-4,9-11,18,20H,5-8H2,(H,21,25)(H,26,27)(H,28,29). The highest BCUT2D eigenvalue weighted by atomic mass is 16.4. The van der Waals surface area contributed by atoms with E-state index in [0.29, 0.717) is 48.3 Å². The van der Waals surface area contributed by atoms with Gasteiger partial charge in [-0.25, -0.2) is 4.79 Å². The minimum Gasteiger partial charge on any atom is -0.480 e. The van der Waals surface area contributed by atoms with Gasteiger partial charge in [0.2, 0.25) is 12.3 Å². The van der Waals surface area contributed by atoms with E-state index < -0.39 is 23.9 Å². The number of H-pyrrole nitrogens is 1. The minimum absolute atomic E-state index is 0.410. The molecule has 0 saturated carbocycles. The highest BCUT2D eigenvalue weighted by Gasteiger charge is 2.32. The maximum atomic E-state index is 12.0. The number of carbonyl (C=O) groups is 4. The second-order valence-corrected chi connectivity index (χ2v) is 6.58. The molecule has 1 aromatic carbocycles. The second kappa shape index (κ2) is 8.57. The molecule has 10 nitrogen and oxygen atoms in total. The van der Waals surface area contributed by atoms with E-state index in [1.54, 1.807) is 34.2 Å². The molecule has 152 valence electrons. The van der Waals surface area contributed by atoms with E-state index in [1.807, 2.05) is 0 Å². The highest BCUT2D eigenvalue weighted by molar-refractivity contribution is 6.03. The molecule has 10 heteroatoms. The molecule has 2 heterocycles. The Kier molecular flexibility index (Phi) is 5.93. The number of piperazine rings is 1. The Morgan fingerprint density at radius 3 is 2.45 bits per heavy atom. The van der Waals surface area contributed by atoms with E-state index in [2.05, 4.69) is 10.3 Å². The Hall–Kier alpha value is -3.66. The van der Waals surface area contributed by atoms with E-state index in [4.69, 9.17) is 5.11 Å². The van der Waals surface area contributed by atoms with E-state index >= 15 is 0 Å². The number of benzene rings is 1. The lowest BCUT2D eigenvalue weighted by Crippen LogP contribution is -2.48. The fraction of sp³-hybridized carbons (Fsp3) is 0.263. The fourth-order valence-electron chi connectivity index (χ4n) is 3.36. The molecule has 0 bridgehead atoms. The summed E-state index contributed by atoms with van der Waals surface area (Å²) in [6, 6.07) is 4.08. The summed E-state index contributed by atoms with van der Waals surface area (Å²) in [7, 11) is 0. The molecule has 4 N–H and O–H groups in total. The van der Waals surface area contributed by atoms with Crippen LogP contribution in [0, 0.1) is 0 Å². The molecule has 1 aromatic heterocycles. The molecule has 1 saturated heterocycles.